The number of ether oxygens (including phenoxy) is 1. The van der Waals surface area contributed by atoms with Crippen LogP contribution in [0.25, 0.3) is 0 Å². The number of carbonyl (C=O) groups excluding carboxylic acids is 2. The maximum Gasteiger partial charge on any atom is 0.289 e. The van der Waals surface area contributed by atoms with E-state index in [-0.39, 0.29) is 17.5 Å². The molecule has 2 heterocycles. The third-order valence-electron chi connectivity index (χ3n) is 4.51. The highest BCUT2D eigenvalue weighted by Crippen LogP contribution is 2.27. The lowest BCUT2D eigenvalue weighted by Gasteiger charge is -2.15. The van der Waals surface area contributed by atoms with E-state index in [1.165, 1.54) is 6.07 Å². The monoisotopic (exact) mass is 474 g/mol. The molecule has 10 heteroatoms. The molecular formula is C21H16Cl2N4O3S. The predicted molar refractivity (Wildman–Crippen MR) is 124 cm³/mol. The molecule has 0 bridgehead atoms. The van der Waals surface area contributed by atoms with Gasteiger partial charge in [0.05, 0.1) is 27.0 Å². The van der Waals surface area contributed by atoms with Gasteiger partial charge in [0, 0.05) is 16.4 Å². The number of halogens is 2. The molecule has 1 aliphatic rings. The fourth-order valence-electron chi connectivity index (χ4n) is 3.02. The lowest BCUT2D eigenvalue weighted by atomic mass is 10.1. The van der Waals surface area contributed by atoms with E-state index in [4.69, 9.17) is 33.3 Å². The topological polar surface area (TPSA) is 94.5 Å². The third-order valence-corrected chi connectivity index (χ3v) is 5.97. The number of anilines is 3. The van der Waals surface area contributed by atoms with Gasteiger partial charge in [0.2, 0.25) is 0 Å². The maximum absolute atomic E-state index is 12.9. The number of nitrogens with zero attached hydrogens (tertiary/aromatic N) is 1. The second-order valence-electron chi connectivity index (χ2n) is 6.55. The van der Waals surface area contributed by atoms with Crippen LogP contribution in [0, 0.1) is 5.41 Å². The summed E-state index contributed by atoms with van der Waals surface area (Å²) in [6, 6.07) is 15.1. The van der Waals surface area contributed by atoms with Gasteiger partial charge in [-0.05, 0) is 54.6 Å². The van der Waals surface area contributed by atoms with Crippen LogP contribution in [0.15, 0.2) is 54.6 Å². The van der Waals surface area contributed by atoms with Crippen molar-refractivity contribution in [2.75, 3.05) is 28.7 Å². The minimum absolute atomic E-state index is 0.102. The van der Waals surface area contributed by atoms with Crippen LogP contribution in [0.5, 0.6) is 0 Å². The molecule has 2 amide bonds. The highest BCUT2D eigenvalue weighted by atomic mass is 35.5. The van der Waals surface area contributed by atoms with Gasteiger partial charge in [0.25, 0.3) is 17.8 Å². The largest absolute Gasteiger partial charge is 0.463 e. The Hall–Kier alpha value is -3.07. The molecule has 3 N–H and O–H groups in total. The van der Waals surface area contributed by atoms with E-state index in [1.54, 1.807) is 53.4 Å². The summed E-state index contributed by atoms with van der Waals surface area (Å²) in [4.78, 5) is 27.5. The van der Waals surface area contributed by atoms with Gasteiger partial charge in [-0.1, -0.05) is 23.2 Å². The number of amides is 2. The zero-order chi connectivity index (χ0) is 22.0. The summed E-state index contributed by atoms with van der Waals surface area (Å²) in [5.74, 6) is -0.783. The average Bonchev–Trinajstić information content (AvgIpc) is 3.37. The number of hydrogen-bond donors (Lipinski definition) is 3. The number of rotatable bonds is 5. The molecular weight excluding hydrogens is 459 g/mol. The van der Waals surface area contributed by atoms with Crippen molar-refractivity contribution < 1.29 is 14.3 Å². The fraction of sp³-hybridized carbons (Fsp3) is 0.0952. The first kappa shape index (κ1) is 21.2. The molecule has 7 nitrogen and oxygen atoms in total. The molecule has 4 rings (SSSR count). The molecule has 31 heavy (non-hydrogen) atoms. The van der Waals surface area contributed by atoms with Gasteiger partial charge < -0.3 is 15.4 Å². The summed E-state index contributed by atoms with van der Waals surface area (Å²) in [5.41, 5.74) is 1.92. The van der Waals surface area contributed by atoms with Crippen molar-refractivity contribution >= 4 is 69.4 Å². The van der Waals surface area contributed by atoms with Crippen molar-refractivity contribution in [3.8, 4) is 0 Å². The fourth-order valence-corrected chi connectivity index (χ4v) is 4.13. The number of thiophene rings is 1. The minimum atomic E-state index is -0.402. The van der Waals surface area contributed by atoms with Crippen LogP contribution < -0.4 is 15.5 Å². The average molecular weight is 475 g/mol. The maximum atomic E-state index is 12.9. The summed E-state index contributed by atoms with van der Waals surface area (Å²) in [6.45, 7) is 1.08. The second-order valence-corrected chi connectivity index (χ2v) is 8.71. The van der Waals surface area contributed by atoms with E-state index in [1.807, 2.05) is 0 Å². The molecule has 158 valence electrons. The van der Waals surface area contributed by atoms with Gasteiger partial charge in [0.1, 0.15) is 6.61 Å². The van der Waals surface area contributed by atoms with E-state index in [0.29, 0.717) is 38.8 Å². The van der Waals surface area contributed by atoms with Gasteiger partial charge in [-0.25, -0.2) is 0 Å². The first-order valence-electron chi connectivity index (χ1n) is 9.17. The zero-order valence-electron chi connectivity index (χ0n) is 15.9. The summed E-state index contributed by atoms with van der Waals surface area (Å²) in [7, 11) is 0. The second kappa shape index (κ2) is 8.97. The predicted octanol–water partition coefficient (Wildman–Crippen LogP) is 5.33. The summed E-state index contributed by atoms with van der Waals surface area (Å²) < 4.78 is 5.64. The van der Waals surface area contributed by atoms with Gasteiger partial charge in [-0.2, -0.15) is 0 Å². The number of carbonyl (C=O) groups is 2. The highest BCUT2D eigenvalue weighted by Gasteiger charge is 2.20. The molecule has 1 aliphatic heterocycles. The van der Waals surface area contributed by atoms with Crippen LogP contribution in [0.4, 0.5) is 17.1 Å². The molecule has 2 aromatic carbocycles. The molecule has 0 spiro atoms. The first-order chi connectivity index (χ1) is 14.9. The molecule has 0 unspecified atom stereocenters. The lowest BCUT2D eigenvalue weighted by molar-refractivity contribution is 0.102. The Morgan fingerprint density at radius 1 is 1.00 bits per heavy atom. The van der Waals surface area contributed by atoms with Crippen LogP contribution in [0.3, 0.4) is 0 Å². The quantitative estimate of drug-likeness (QED) is 0.465. The summed E-state index contributed by atoms with van der Waals surface area (Å²) in [5, 5.41) is 13.7. The van der Waals surface area contributed by atoms with Crippen molar-refractivity contribution in [3.63, 3.8) is 0 Å². The van der Waals surface area contributed by atoms with Crippen LogP contribution in [-0.4, -0.2) is 31.0 Å². The van der Waals surface area contributed by atoms with Crippen molar-refractivity contribution in [1.29, 1.82) is 5.41 Å². The van der Waals surface area contributed by atoms with Crippen LogP contribution >= 0.6 is 34.5 Å². The molecule has 0 aliphatic carbocycles. The zero-order valence-corrected chi connectivity index (χ0v) is 18.3. The van der Waals surface area contributed by atoms with Gasteiger partial charge in [0.15, 0.2) is 0 Å². The molecule has 1 saturated heterocycles. The third kappa shape index (κ3) is 4.82. The number of benzene rings is 2. The van der Waals surface area contributed by atoms with Gasteiger partial charge in [-0.15, -0.1) is 11.3 Å². The van der Waals surface area contributed by atoms with E-state index in [2.05, 4.69) is 10.6 Å². The SMILES string of the molecule is N=C1OCCN1c1ccc(NC(=O)c2ccc(Cl)cc2NC(=O)c2ccc(Cl)s2)cc1. The van der Waals surface area contributed by atoms with Crippen molar-refractivity contribution in [2.24, 2.45) is 0 Å². The Morgan fingerprint density at radius 2 is 1.77 bits per heavy atom. The molecule has 1 fully saturated rings. The molecule has 0 saturated carbocycles. The van der Waals surface area contributed by atoms with Crippen LogP contribution in [0.1, 0.15) is 20.0 Å². The van der Waals surface area contributed by atoms with Gasteiger partial charge >= 0.3 is 0 Å². The summed E-state index contributed by atoms with van der Waals surface area (Å²) in [6.07, 6.45) is 0. The normalized spacial score (nSPS) is 13.1. The molecule has 0 atom stereocenters. The van der Waals surface area contributed by atoms with Crippen molar-refractivity contribution in [3.05, 3.63) is 74.4 Å². The van der Waals surface area contributed by atoms with Crippen LogP contribution in [0.2, 0.25) is 9.36 Å². The molecule has 0 radical (unpaired) electrons. The van der Waals surface area contributed by atoms with Crippen molar-refractivity contribution in [2.45, 2.75) is 0 Å². The van der Waals surface area contributed by atoms with E-state index >= 15 is 0 Å². The number of amidine groups is 1. The number of nitrogens with one attached hydrogen (secondary N) is 3. The molecule has 1 aromatic heterocycles. The minimum Gasteiger partial charge on any atom is -0.463 e. The highest BCUT2D eigenvalue weighted by molar-refractivity contribution is 7.18. The van der Waals surface area contributed by atoms with Crippen molar-refractivity contribution in [1.82, 2.24) is 0 Å². The molecule has 3 aromatic rings. The Labute approximate surface area is 192 Å². The Bertz CT molecular complexity index is 1160. The Balaban J connectivity index is 1.50. The van der Waals surface area contributed by atoms with E-state index in [9.17, 15) is 9.59 Å². The van der Waals surface area contributed by atoms with Gasteiger partial charge in [-0.3, -0.25) is 19.9 Å². The lowest BCUT2D eigenvalue weighted by Crippen LogP contribution is -2.23. The Kier molecular flexibility index (Phi) is 6.13. The standard InChI is InChI=1S/C21H16Cl2N4O3S/c22-12-1-6-15(16(11-12)26-20(29)17-7-8-18(23)31-17)19(28)25-13-2-4-14(5-3-13)27-9-10-30-21(27)24/h1-8,11,24H,9-10H2,(H,25,28)(H,26,29). The number of hydrogen-bond acceptors (Lipinski definition) is 5. The van der Waals surface area contributed by atoms with E-state index < -0.39 is 5.91 Å². The van der Waals surface area contributed by atoms with Crippen LogP contribution in [-0.2, 0) is 4.74 Å². The smallest absolute Gasteiger partial charge is 0.289 e. The first-order valence-corrected chi connectivity index (χ1v) is 10.7. The summed E-state index contributed by atoms with van der Waals surface area (Å²) >= 11 is 13.1. The Morgan fingerprint density at radius 3 is 2.42 bits per heavy atom. The van der Waals surface area contributed by atoms with E-state index in [0.717, 1.165) is 17.0 Å².